The number of rotatable bonds is 5. The van der Waals surface area contributed by atoms with Crippen LogP contribution in [0.3, 0.4) is 0 Å². The summed E-state index contributed by atoms with van der Waals surface area (Å²) in [4.78, 5) is 22.7. The first kappa shape index (κ1) is 16.2. The predicted molar refractivity (Wildman–Crippen MR) is 74.8 cm³/mol. The van der Waals surface area contributed by atoms with Gasteiger partial charge in [-0.05, 0) is 18.3 Å². The van der Waals surface area contributed by atoms with Crippen molar-refractivity contribution in [1.29, 1.82) is 0 Å². The molecule has 2 fully saturated rings. The van der Waals surface area contributed by atoms with Gasteiger partial charge < -0.3 is 31.2 Å². The van der Waals surface area contributed by atoms with Gasteiger partial charge in [-0.2, -0.15) is 0 Å². The quantitative estimate of drug-likeness (QED) is 0.615. The van der Waals surface area contributed by atoms with Gasteiger partial charge in [0.1, 0.15) is 0 Å². The summed E-state index contributed by atoms with van der Waals surface area (Å²) in [5, 5.41) is 18.5. The number of nitrogens with one attached hydrogen (secondary N) is 2. The first-order chi connectivity index (χ1) is 10.1. The molecule has 122 valence electrons. The van der Waals surface area contributed by atoms with Gasteiger partial charge in [0.05, 0.1) is 0 Å². The van der Waals surface area contributed by atoms with Crippen molar-refractivity contribution in [3.8, 4) is 0 Å². The molecule has 9 heteroatoms. The minimum absolute atomic E-state index is 0. The maximum absolute atomic E-state index is 11.7. The van der Waals surface area contributed by atoms with E-state index in [0.29, 0.717) is 23.8 Å². The van der Waals surface area contributed by atoms with Crippen LogP contribution in [0, 0.1) is 11.8 Å². The second-order valence-electron chi connectivity index (χ2n) is 5.32. The summed E-state index contributed by atoms with van der Waals surface area (Å²) >= 11 is 0. The summed E-state index contributed by atoms with van der Waals surface area (Å²) in [6.45, 7) is 3.54. The molecule has 1 aliphatic carbocycles. The van der Waals surface area contributed by atoms with E-state index in [4.69, 9.17) is 14.4 Å². The van der Waals surface area contributed by atoms with Crippen molar-refractivity contribution >= 4 is 12.1 Å². The molecule has 22 heavy (non-hydrogen) atoms. The molecule has 0 spiro atoms. The SMILES string of the molecule is CCc1c(C(=O)O)noc1COC(=O)NC1C2CNCC21.N. The number of piperidine rings is 1. The largest absolute Gasteiger partial charge is 0.476 e. The van der Waals surface area contributed by atoms with Gasteiger partial charge in [-0.15, -0.1) is 0 Å². The molecule has 0 bridgehead atoms. The molecule has 1 amide bonds. The third-order valence-electron chi connectivity index (χ3n) is 4.14. The average Bonchev–Trinajstić information content (AvgIpc) is 2.89. The predicted octanol–water partition coefficient (Wildman–Crippen LogP) is 0.541. The highest BCUT2D eigenvalue weighted by Crippen LogP contribution is 2.41. The van der Waals surface area contributed by atoms with E-state index in [1.54, 1.807) is 6.92 Å². The molecule has 1 aromatic rings. The first-order valence-electron chi connectivity index (χ1n) is 6.96. The van der Waals surface area contributed by atoms with Crippen LogP contribution in [0.2, 0.25) is 0 Å². The molecule has 1 aromatic heterocycles. The third kappa shape index (κ3) is 2.90. The van der Waals surface area contributed by atoms with Crippen LogP contribution >= 0.6 is 0 Å². The highest BCUT2D eigenvalue weighted by molar-refractivity contribution is 5.87. The van der Waals surface area contributed by atoms with Gasteiger partial charge in [0.25, 0.3) is 0 Å². The second-order valence-corrected chi connectivity index (χ2v) is 5.32. The molecular weight excluding hydrogens is 292 g/mol. The van der Waals surface area contributed by atoms with Crippen molar-refractivity contribution in [2.45, 2.75) is 26.0 Å². The maximum atomic E-state index is 11.7. The minimum Gasteiger partial charge on any atom is -0.476 e. The zero-order valence-corrected chi connectivity index (χ0v) is 12.3. The van der Waals surface area contributed by atoms with E-state index in [1.807, 2.05) is 0 Å². The molecule has 2 atom stereocenters. The second kappa shape index (κ2) is 6.32. The highest BCUT2D eigenvalue weighted by atomic mass is 16.6. The number of hydrogen-bond acceptors (Lipinski definition) is 7. The Labute approximate surface area is 127 Å². The lowest BCUT2D eigenvalue weighted by atomic mass is 10.1. The van der Waals surface area contributed by atoms with Crippen molar-refractivity contribution in [2.75, 3.05) is 13.1 Å². The smallest absolute Gasteiger partial charge is 0.407 e. The lowest BCUT2D eigenvalue weighted by molar-refractivity contribution is 0.0684. The fourth-order valence-corrected chi connectivity index (χ4v) is 2.93. The maximum Gasteiger partial charge on any atom is 0.407 e. The van der Waals surface area contributed by atoms with E-state index in [-0.39, 0.29) is 30.3 Å². The summed E-state index contributed by atoms with van der Waals surface area (Å²) in [6.07, 6.45) is -0.0612. The zero-order valence-electron chi connectivity index (χ0n) is 12.3. The molecule has 0 radical (unpaired) electrons. The van der Waals surface area contributed by atoms with Crippen LogP contribution in [0.15, 0.2) is 4.52 Å². The van der Waals surface area contributed by atoms with Crippen molar-refractivity contribution in [1.82, 2.24) is 21.9 Å². The van der Waals surface area contributed by atoms with Gasteiger partial charge in [-0.1, -0.05) is 12.1 Å². The normalized spacial score (nSPS) is 25.0. The summed E-state index contributed by atoms with van der Waals surface area (Å²) in [5.41, 5.74) is 0.335. The van der Waals surface area contributed by atoms with Gasteiger partial charge >= 0.3 is 12.1 Å². The van der Waals surface area contributed by atoms with Gasteiger partial charge in [-0.3, -0.25) is 0 Å². The summed E-state index contributed by atoms with van der Waals surface area (Å²) in [7, 11) is 0. The Balaban J connectivity index is 0.00000176. The number of fused-ring (bicyclic) bond motifs is 1. The van der Waals surface area contributed by atoms with Gasteiger partial charge in [0.15, 0.2) is 18.1 Å². The van der Waals surface area contributed by atoms with Gasteiger partial charge in [0, 0.05) is 24.7 Å². The number of carbonyl (C=O) groups excluding carboxylic acids is 1. The molecule has 2 aliphatic rings. The van der Waals surface area contributed by atoms with Crippen LogP contribution in [0.1, 0.15) is 28.7 Å². The number of nitrogens with zero attached hydrogens (tertiary/aromatic N) is 1. The molecule has 3 rings (SSSR count). The van der Waals surface area contributed by atoms with E-state index in [2.05, 4.69) is 15.8 Å². The monoisotopic (exact) mass is 312 g/mol. The van der Waals surface area contributed by atoms with Crippen LogP contribution in [-0.2, 0) is 17.8 Å². The van der Waals surface area contributed by atoms with E-state index in [9.17, 15) is 9.59 Å². The van der Waals surface area contributed by atoms with Gasteiger partial charge in [-0.25, -0.2) is 9.59 Å². The number of aromatic carboxylic acids is 1. The van der Waals surface area contributed by atoms with Crippen molar-refractivity contribution < 1.29 is 24.0 Å². The van der Waals surface area contributed by atoms with Crippen LogP contribution in [0.25, 0.3) is 0 Å². The molecule has 9 nitrogen and oxygen atoms in total. The number of ether oxygens (including phenoxy) is 1. The Morgan fingerprint density at radius 1 is 1.45 bits per heavy atom. The number of hydrogen-bond donors (Lipinski definition) is 4. The fourth-order valence-electron chi connectivity index (χ4n) is 2.93. The van der Waals surface area contributed by atoms with E-state index < -0.39 is 12.1 Å². The minimum atomic E-state index is -1.15. The van der Waals surface area contributed by atoms with Crippen LogP contribution in [0.5, 0.6) is 0 Å². The molecule has 2 heterocycles. The average molecular weight is 312 g/mol. The van der Waals surface area contributed by atoms with Crippen LogP contribution in [-0.4, -0.2) is 41.5 Å². The fraction of sp³-hybridized carbons (Fsp3) is 0.615. The number of carboxylic acid groups (broad SMARTS) is 1. The molecule has 0 aromatic carbocycles. The number of amides is 1. The van der Waals surface area contributed by atoms with Gasteiger partial charge in [0.2, 0.25) is 0 Å². The van der Waals surface area contributed by atoms with E-state index >= 15 is 0 Å². The van der Waals surface area contributed by atoms with E-state index in [0.717, 1.165) is 13.1 Å². The van der Waals surface area contributed by atoms with Crippen LogP contribution in [0.4, 0.5) is 4.79 Å². The van der Waals surface area contributed by atoms with Crippen LogP contribution < -0.4 is 16.8 Å². The highest BCUT2D eigenvalue weighted by Gasteiger charge is 2.53. The Bertz CT molecular complexity index is 563. The lowest BCUT2D eigenvalue weighted by Gasteiger charge is -2.08. The first-order valence-corrected chi connectivity index (χ1v) is 6.96. The third-order valence-corrected chi connectivity index (χ3v) is 4.14. The van der Waals surface area contributed by atoms with E-state index in [1.165, 1.54) is 0 Å². The topological polar surface area (TPSA) is 149 Å². The molecule has 1 aliphatic heterocycles. The number of alkyl carbamates (subject to hydrolysis) is 1. The molecular formula is C13H20N4O5. The number of aromatic nitrogens is 1. The summed E-state index contributed by atoms with van der Waals surface area (Å²) < 4.78 is 10.0. The number of carboxylic acids is 1. The van der Waals surface area contributed by atoms with Crippen molar-refractivity contribution in [3.05, 3.63) is 17.0 Å². The van der Waals surface area contributed by atoms with Crippen molar-refractivity contribution in [2.24, 2.45) is 11.8 Å². The molecule has 2 unspecified atom stereocenters. The van der Waals surface area contributed by atoms with Crippen molar-refractivity contribution in [3.63, 3.8) is 0 Å². The zero-order chi connectivity index (χ0) is 15.0. The summed E-state index contributed by atoms with van der Waals surface area (Å²) in [6, 6.07) is 0.189. The number of carbonyl (C=O) groups is 2. The Kier molecular flexibility index (Phi) is 4.67. The Morgan fingerprint density at radius 2 is 2.14 bits per heavy atom. The molecule has 1 saturated heterocycles. The standard InChI is InChI=1S/C13H17N3O5.H3N/c1-2-6-9(21-16-11(6)12(17)18)5-20-13(19)15-10-7-3-14-4-8(7)10;/h7-8,10,14H,2-5H2,1H3,(H,15,19)(H,17,18);1H3. The Hall–Kier alpha value is -2.13. The summed E-state index contributed by atoms with van der Waals surface area (Å²) in [5.74, 6) is 0.146. The lowest BCUT2D eigenvalue weighted by Crippen LogP contribution is -2.32. The molecule has 1 saturated carbocycles. The molecule has 6 N–H and O–H groups in total. The Morgan fingerprint density at radius 3 is 2.73 bits per heavy atom.